The minimum absolute atomic E-state index is 0.142. The van der Waals surface area contributed by atoms with Crippen molar-refractivity contribution in [1.82, 2.24) is 0 Å². The smallest absolute Gasteiger partial charge is 0.384 e. The molecule has 1 unspecified atom stereocenters. The molecule has 0 radical (unpaired) electrons. The molecule has 0 fully saturated rings. The first-order valence-corrected chi connectivity index (χ1v) is 6.46. The molecule has 0 aliphatic rings. The summed E-state index contributed by atoms with van der Waals surface area (Å²) in [5.41, 5.74) is 5.61. The van der Waals surface area contributed by atoms with E-state index >= 15 is 0 Å². The van der Waals surface area contributed by atoms with Gasteiger partial charge in [-0.05, 0) is 53.9 Å². The first-order chi connectivity index (χ1) is 8.30. The third kappa shape index (κ3) is 4.86. The van der Waals surface area contributed by atoms with E-state index < -0.39 is 11.7 Å². The monoisotopic (exact) mass is 324 g/mol. The fourth-order valence-electron chi connectivity index (χ4n) is 1.48. The summed E-state index contributed by atoms with van der Waals surface area (Å²) in [7, 11) is 0. The van der Waals surface area contributed by atoms with Crippen molar-refractivity contribution in [2.24, 2.45) is 5.73 Å². The number of nitrogens with two attached hydrogens (primary N) is 1. The maximum absolute atomic E-state index is 12.4. The molecule has 1 rings (SSSR count). The first kappa shape index (κ1) is 15.3. The Morgan fingerprint density at radius 3 is 2.56 bits per heavy atom. The molecule has 0 aliphatic carbocycles. The number of anilines is 1. The quantitative estimate of drug-likeness (QED) is 0.803. The highest BCUT2D eigenvalue weighted by molar-refractivity contribution is 9.10. The lowest BCUT2D eigenvalue weighted by atomic mass is 10.2. The Morgan fingerprint density at radius 1 is 1.39 bits per heavy atom. The maximum atomic E-state index is 12.4. The molecule has 1 atom stereocenters. The van der Waals surface area contributed by atoms with E-state index in [0.717, 1.165) is 25.0 Å². The van der Waals surface area contributed by atoms with E-state index in [0.29, 0.717) is 16.7 Å². The van der Waals surface area contributed by atoms with Crippen molar-refractivity contribution < 1.29 is 13.2 Å². The van der Waals surface area contributed by atoms with E-state index in [1.165, 1.54) is 6.07 Å². The molecule has 0 spiro atoms. The van der Waals surface area contributed by atoms with Crippen LogP contribution in [-0.4, -0.2) is 12.6 Å². The van der Waals surface area contributed by atoms with E-state index in [9.17, 15) is 13.2 Å². The second-order valence-electron chi connectivity index (χ2n) is 4.24. The topological polar surface area (TPSA) is 38.0 Å². The standard InChI is InChI=1S/C12H16BrF3N2/c1-8(17)3-2-6-18-11-5-4-9(7-10(11)13)12(14,15)16/h4-5,7-8,18H,2-3,6,17H2,1H3. The second kappa shape index (κ2) is 6.43. The van der Waals surface area contributed by atoms with Crippen molar-refractivity contribution in [2.45, 2.75) is 32.0 Å². The normalized spacial score (nSPS) is 13.4. The maximum Gasteiger partial charge on any atom is 0.416 e. The predicted octanol–water partition coefficient (Wildman–Crippen LogP) is 4.01. The molecule has 0 bridgehead atoms. The summed E-state index contributed by atoms with van der Waals surface area (Å²) in [6.07, 6.45) is -2.55. The van der Waals surface area contributed by atoms with Crippen molar-refractivity contribution in [3.63, 3.8) is 0 Å². The van der Waals surface area contributed by atoms with Gasteiger partial charge in [-0.1, -0.05) is 0 Å². The molecule has 0 heterocycles. The summed E-state index contributed by atoms with van der Waals surface area (Å²) < 4.78 is 37.7. The van der Waals surface area contributed by atoms with Gasteiger partial charge in [-0.25, -0.2) is 0 Å². The average Bonchev–Trinajstić information content (AvgIpc) is 2.24. The van der Waals surface area contributed by atoms with Crippen LogP contribution in [0.4, 0.5) is 18.9 Å². The SMILES string of the molecule is CC(N)CCCNc1ccc(C(F)(F)F)cc1Br. The third-order valence-corrected chi connectivity index (χ3v) is 3.10. The molecule has 18 heavy (non-hydrogen) atoms. The lowest BCUT2D eigenvalue weighted by Crippen LogP contribution is -2.16. The van der Waals surface area contributed by atoms with Gasteiger partial charge >= 0.3 is 6.18 Å². The minimum atomic E-state index is -4.31. The average molecular weight is 325 g/mol. The number of nitrogens with one attached hydrogen (secondary N) is 1. The zero-order valence-corrected chi connectivity index (χ0v) is 11.6. The van der Waals surface area contributed by atoms with E-state index in [-0.39, 0.29) is 6.04 Å². The van der Waals surface area contributed by atoms with Crippen molar-refractivity contribution in [3.8, 4) is 0 Å². The summed E-state index contributed by atoms with van der Waals surface area (Å²) in [6.45, 7) is 2.61. The van der Waals surface area contributed by atoms with E-state index in [1.807, 2.05) is 6.92 Å². The lowest BCUT2D eigenvalue weighted by molar-refractivity contribution is -0.137. The molecule has 0 aromatic heterocycles. The van der Waals surface area contributed by atoms with Crippen LogP contribution in [0, 0.1) is 0 Å². The van der Waals surface area contributed by atoms with Crippen LogP contribution in [0.1, 0.15) is 25.3 Å². The fourth-order valence-corrected chi connectivity index (χ4v) is 2.00. The number of hydrogen-bond donors (Lipinski definition) is 2. The van der Waals surface area contributed by atoms with Crippen LogP contribution >= 0.6 is 15.9 Å². The lowest BCUT2D eigenvalue weighted by Gasteiger charge is -2.12. The van der Waals surface area contributed by atoms with Gasteiger partial charge in [0.25, 0.3) is 0 Å². The Labute approximate surface area is 113 Å². The fraction of sp³-hybridized carbons (Fsp3) is 0.500. The number of halogens is 4. The van der Waals surface area contributed by atoms with E-state index in [4.69, 9.17) is 5.73 Å². The number of hydrogen-bond acceptors (Lipinski definition) is 2. The van der Waals surface area contributed by atoms with Crippen molar-refractivity contribution >= 4 is 21.6 Å². The Morgan fingerprint density at radius 2 is 2.06 bits per heavy atom. The van der Waals surface area contributed by atoms with Crippen LogP contribution in [0.25, 0.3) is 0 Å². The minimum Gasteiger partial charge on any atom is -0.384 e. The van der Waals surface area contributed by atoms with Gasteiger partial charge in [0.2, 0.25) is 0 Å². The molecule has 102 valence electrons. The van der Waals surface area contributed by atoms with Crippen LogP contribution < -0.4 is 11.1 Å². The van der Waals surface area contributed by atoms with Gasteiger partial charge in [-0.2, -0.15) is 13.2 Å². The Bertz CT molecular complexity index is 391. The molecular weight excluding hydrogens is 309 g/mol. The first-order valence-electron chi connectivity index (χ1n) is 5.67. The molecule has 1 aromatic rings. The van der Waals surface area contributed by atoms with E-state index in [1.54, 1.807) is 0 Å². The van der Waals surface area contributed by atoms with Gasteiger partial charge in [0.15, 0.2) is 0 Å². The summed E-state index contributed by atoms with van der Waals surface area (Å²) in [5.74, 6) is 0. The third-order valence-electron chi connectivity index (χ3n) is 2.45. The second-order valence-corrected chi connectivity index (χ2v) is 5.09. The van der Waals surface area contributed by atoms with Crippen molar-refractivity contribution in [1.29, 1.82) is 0 Å². The Hall–Kier alpha value is -0.750. The van der Waals surface area contributed by atoms with Gasteiger partial charge in [0, 0.05) is 22.7 Å². The van der Waals surface area contributed by atoms with Gasteiger partial charge in [-0.15, -0.1) is 0 Å². The molecule has 3 N–H and O–H groups in total. The van der Waals surface area contributed by atoms with Gasteiger partial charge < -0.3 is 11.1 Å². The summed E-state index contributed by atoms with van der Waals surface area (Å²) >= 11 is 3.13. The predicted molar refractivity (Wildman–Crippen MR) is 70.5 cm³/mol. The van der Waals surface area contributed by atoms with Gasteiger partial charge in [0.05, 0.1) is 5.56 Å². The zero-order valence-electron chi connectivity index (χ0n) is 10.0. The molecular formula is C12H16BrF3N2. The summed E-state index contributed by atoms with van der Waals surface area (Å²) in [4.78, 5) is 0. The number of alkyl halides is 3. The molecule has 1 aromatic carbocycles. The van der Waals surface area contributed by atoms with Crippen molar-refractivity contribution in [2.75, 3.05) is 11.9 Å². The van der Waals surface area contributed by atoms with Crippen LogP contribution in [0.15, 0.2) is 22.7 Å². The van der Waals surface area contributed by atoms with Gasteiger partial charge in [0.1, 0.15) is 0 Å². The zero-order chi connectivity index (χ0) is 13.8. The van der Waals surface area contributed by atoms with Crippen LogP contribution in [0.5, 0.6) is 0 Å². The molecule has 0 aliphatic heterocycles. The Kier molecular flexibility index (Phi) is 5.47. The van der Waals surface area contributed by atoms with Crippen LogP contribution in [0.3, 0.4) is 0 Å². The summed E-state index contributed by atoms with van der Waals surface area (Å²) in [6, 6.07) is 3.72. The molecule has 6 heteroatoms. The van der Waals surface area contributed by atoms with Crippen molar-refractivity contribution in [3.05, 3.63) is 28.2 Å². The van der Waals surface area contributed by atoms with E-state index in [2.05, 4.69) is 21.2 Å². The number of rotatable bonds is 5. The molecule has 0 saturated heterocycles. The largest absolute Gasteiger partial charge is 0.416 e. The highest BCUT2D eigenvalue weighted by Crippen LogP contribution is 2.33. The molecule has 0 saturated carbocycles. The van der Waals surface area contributed by atoms with Gasteiger partial charge in [-0.3, -0.25) is 0 Å². The van der Waals surface area contributed by atoms with Crippen LogP contribution in [-0.2, 0) is 6.18 Å². The number of benzene rings is 1. The highest BCUT2D eigenvalue weighted by Gasteiger charge is 2.30. The highest BCUT2D eigenvalue weighted by atomic mass is 79.9. The summed E-state index contributed by atoms with van der Waals surface area (Å²) in [5, 5.41) is 3.08. The van der Waals surface area contributed by atoms with Crippen LogP contribution in [0.2, 0.25) is 0 Å². The molecule has 2 nitrogen and oxygen atoms in total. The Balaban J connectivity index is 2.58. The molecule has 0 amide bonds.